The Labute approximate surface area is 179 Å². The normalized spacial score (nSPS) is 16.2. The van der Waals surface area contributed by atoms with E-state index >= 15 is 0 Å². The largest absolute Gasteiger partial charge is 0.449 e. The van der Waals surface area contributed by atoms with Crippen LogP contribution < -0.4 is 10.3 Å². The summed E-state index contributed by atoms with van der Waals surface area (Å²) in [5.74, 6) is -1.91. The number of allylic oxidation sites excluding steroid dienone is 1. The molecule has 1 aliphatic rings. The van der Waals surface area contributed by atoms with Crippen molar-refractivity contribution in [2.45, 2.75) is 17.5 Å². The molecule has 1 aromatic heterocycles. The predicted octanol–water partition coefficient (Wildman–Crippen LogP) is 4.22. The third-order valence-electron chi connectivity index (χ3n) is 3.67. The molecular weight excluding hydrogens is 495 g/mol. The number of rotatable bonds is 4. The van der Waals surface area contributed by atoms with E-state index in [9.17, 15) is 22.8 Å². The Morgan fingerprint density at radius 1 is 1.27 bits per heavy atom. The zero-order valence-corrected chi connectivity index (χ0v) is 16.9. The average Bonchev–Trinajstić information content (AvgIpc) is 2.66. The predicted molar refractivity (Wildman–Crippen MR) is 100 cm³/mol. The van der Waals surface area contributed by atoms with Gasteiger partial charge in [-0.3, -0.25) is 14.2 Å². The van der Waals surface area contributed by atoms with E-state index in [1.165, 1.54) is 12.1 Å². The second-order valence-corrected chi connectivity index (χ2v) is 7.26. The quantitative estimate of drug-likeness (QED) is 0.582. The topological polar surface area (TPSA) is 110 Å². The maximum Gasteiger partial charge on any atom is 0.437 e. The molecule has 8 nitrogen and oxygen atoms in total. The van der Waals surface area contributed by atoms with E-state index in [1.807, 2.05) is 0 Å². The lowest BCUT2D eigenvalue weighted by Gasteiger charge is -2.15. The number of carbonyl (C=O) groups is 1. The number of hydrogen-bond acceptors (Lipinski definition) is 6. The van der Waals surface area contributed by atoms with E-state index in [0.29, 0.717) is 6.33 Å². The molecule has 0 fully saturated rings. The first-order valence-corrected chi connectivity index (χ1v) is 9.23. The van der Waals surface area contributed by atoms with Gasteiger partial charge in [0.2, 0.25) is 5.75 Å². The van der Waals surface area contributed by atoms with Gasteiger partial charge in [0.1, 0.15) is 10.6 Å². The molecule has 0 spiro atoms. The van der Waals surface area contributed by atoms with E-state index in [4.69, 9.17) is 21.6 Å². The van der Waals surface area contributed by atoms with Gasteiger partial charge >= 0.3 is 6.18 Å². The molecule has 2 aromatic rings. The Balaban J connectivity index is 2.05. The minimum Gasteiger partial charge on any atom is -0.449 e. The van der Waals surface area contributed by atoms with Crippen LogP contribution >= 0.6 is 27.5 Å². The van der Waals surface area contributed by atoms with Crippen molar-refractivity contribution < 1.29 is 22.7 Å². The Hall–Kier alpha value is -3.04. The van der Waals surface area contributed by atoms with Gasteiger partial charge in [-0.1, -0.05) is 27.5 Å². The Morgan fingerprint density at radius 3 is 2.63 bits per heavy atom. The van der Waals surface area contributed by atoms with Gasteiger partial charge in [-0.25, -0.2) is 4.98 Å². The number of halogens is 5. The molecule has 1 amide bonds. The fourth-order valence-electron chi connectivity index (χ4n) is 2.38. The van der Waals surface area contributed by atoms with Crippen molar-refractivity contribution in [3.63, 3.8) is 0 Å². The molecule has 0 aliphatic carbocycles. The molecule has 0 radical (unpaired) electrons. The van der Waals surface area contributed by atoms with Crippen LogP contribution in [-0.2, 0) is 17.5 Å². The van der Waals surface area contributed by atoms with Crippen LogP contribution in [0.3, 0.4) is 0 Å². The van der Waals surface area contributed by atoms with Crippen molar-refractivity contribution in [3.8, 4) is 17.6 Å². The highest BCUT2D eigenvalue weighted by atomic mass is 79.9. The van der Waals surface area contributed by atoms with Gasteiger partial charge in [0.05, 0.1) is 30.2 Å². The summed E-state index contributed by atoms with van der Waals surface area (Å²) in [7, 11) is 0. The van der Waals surface area contributed by atoms with E-state index in [-0.39, 0.29) is 28.6 Å². The van der Waals surface area contributed by atoms with Gasteiger partial charge in [-0.05, 0) is 24.3 Å². The number of benzene rings is 1. The standard InChI is InChI=1S/C17H8BrClF3N5O3/c18-12-4-10(25-26-15(12)28)6-27-7-24-14(17(20,21)22)13(16(27)29)30-11-2-8(5-23)1-9(19)3-11/h1-4,7,12H,6H2. The first-order chi connectivity index (χ1) is 14.1. The first-order valence-electron chi connectivity index (χ1n) is 7.94. The summed E-state index contributed by atoms with van der Waals surface area (Å²) in [6.07, 6.45) is -2.94. The number of ether oxygens (including phenoxy) is 1. The Kier molecular flexibility index (Phi) is 6.04. The van der Waals surface area contributed by atoms with Gasteiger partial charge < -0.3 is 4.74 Å². The van der Waals surface area contributed by atoms with Crippen molar-refractivity contribution in [1.82, 2.24) is 9.55 Å². The molecule has 0 saturated heterocycles. The maximum atomic E-state index is 13.4. The molecular formula is C17H8BrClF3N5O3. The second kappa shape index (κ2) is 8.37. The lowest BCUT2D eigenvalue weighted by atomic mass is 10.2. The number of carbonyl (C=O) groups excluding carboxylic acids is 1. The SMILES string of the molecule is N#Cc1cc(Cl)cc(Oc2c(C(F)(F)F)ncn(CC3=CC(Br)C(=O)N=N3)c2=O)c1. The van der Waals surface area contributed by atoms with E-state index in [1.54, 1.807) is 6.07 Å². The number of amides is 1. The number of azo groups is 1. The second-order valence-electron chi connectivity index (χ2n) is 5.84. The van der Waals surface area contributed by atoms with Crippen LogP contribution in [0, 0.1) is 11.3 Å². The van der Waals surface area contributed by atoms with E-state index < -0.39 is 33.9 Å². The van der Waals surface area contributed by atoms with Gasteiger partial charge in [0.25, 0.3) is 11.5 Å². The maximum absolute atomic E-state index is 13.4. The van der Waals surface area contributed by atoms with Gasteiger partial charge in [0, 0.05) is 5.02 Å². The van der Waals surface area contributed by atoms with Crippen molar-refractivity contribution >= 4 is 33.4 Å². The first kappa shape index (κ1) is 21.7. The fraction of sp³-hybridized carbons (Fsp3) is 0.176. The molecule has 154 valence electrons. The molecule has 0 saturated carbocycles. The minimum absolute atomic E-state index is 0.0241. The van der Waals surface area contributed by atoms with Crippen LogP contribution in [-0.4, -0.2) is 20.3 Å². The van der Waals surface area contributed by atoms with E-state index in [2.05, 4.69) is 31.1 Å². The van der Waals surface area contributed by atoms with Crippen molar-refractivity contribution in [2.24, 2.45) is 10.2 Å². The van der Waals surface area contributed by atoms with E-state index in [0.717, 1.165) is 16.7 Å². The smallest absolute Gasteiger partial charge is 0.437 e. The summed E-state index contributed by atoms with van der Waals surface area (Å²) in [4.78, 5) is 26.6. The number of hydrogen-bond donors (Lipinski definition) is 0. The Morgan fingerprint density at radius 2 is 2.00 bits per heavy atom. The Bertz CT molecular complexity index is 1190. The molecule has 1 aliphatic heterocycles. The van der Waals surface area contributed by atoms with Gasteiger partial charge in [0.15, 0.2) is 5.69 Å². The molecule has 2 heterocycles. The summed E-state index contributed by atoms with van der Waals surface area (Å²) in [5.41, 5.74) is -2.53. The van der Waals surface area contributed by atoms with Gasteiger partial charge in [-0.15, -0.1) is 5.11 Å². The zero-order chi connectivity index (χ0) is 22.1. The highest BCUT2D eigenvalue weighted by Crippen LogP contribution is 2.35. The van der Waals surface area contributed by atoms with Crippen LogP contribution in [0.2, 0.25) is 5.02 Å². The molecule has 0 N–H and O–H groups in total. The molecule has 13 heteroatoms. The molecule has 1 unspecified atom stereocenters. The molecule has 3 rings (SSSR count). The highest BCUT2D eigenvalue weighted by molar-refractivity contribution is 9.10. The summed E-state index contributed by atoms with van der Waals surface area (Å²) in [6.45, 7) is -0.307. The molecule has 1 aromatic carbocycles. The minimum atomic E-state index is -4.98. The molecule has 0 bridgehead atoms. The summed E-state index contributed by atoms with van der Waals surface area (Å²) in [5, 5.41) is 16.0. The molecule has 30 heavy (non-hydrogen) atoms. The third kappa shape index (κ3) is 4.74. The molecule has 1 atom stereocenters. The summed E-state index contributed by atoms with van der Waals surface area (Å²) < 4.78 is 46.1. The van der Waals surface area contributed by atoms with Crippen molar-refractivity contribution in [3.05, 3.63) is 62.9 Å². The lowest BCUT2D eigenvalue weighted by Crippen LogP contribution is -2.27. The number of alkyl halides is 4. The van der Waals surface area contributed by atoms with Crippen LogP contribution in [0.1, 0.15) is 11.3 Å². The third-order valence-corrected chi connectivity index (χ3v) is 4.54. The number of nitrogens with zero attached hydrogens (tertiary/aromatic N) is 5. The number of aromatic nitrogens is 2. The summed E-state index contributed by atoms with van der Waals surface area (Å²) >= 11 is 8.88. The monoisotopic (exact) mass is 501 g/mol. The van der Waals surface area contributed by atoms with Crippen LogP contribution in [0.4, 0.5) is 13.2 Å². The van der Waals surface area contributed by atoms with Crippen LogP contribution in [0.25, 0.3) is 0 Å². The lowest BCUT2D eigenvalue weighted by molar-refractivity contribution is -0.142. The van der Waals surface area contributed by atoms with Crippen LogP contribution in [0.5, 0.6) is 11.5 Å². The average molecular weight is 503 g/mol. The highest BCUT2D eigenvalue weighted by Gasteiger charge is 2.39. The summed E-state index contributed by atoms with van der Waals surface area (Å²) in [6, 6.07) is 5.33. The van der Waals surface area contributed by atoms with Crippen molar-refractivity contribution in [2.75, 3.05) is 0 Å². The zero-order valence-electron chi connectivity index (χ0n) is 14.5. The van der Waals surface area contributed by atoms with Crippen LogP contribution in [0.15, 0.2) is 51.3 Å². The van der Waals surface area contributed by atoms with Gasteiger partial charge in [-0.2, -0.15) is 23.5 Å². The van der Waals surface area contributed by atoms with Crippen molar-refractivity contribution in [1.29, 1.82) is 5.26 Å². The fourth-order valence-corrected chi connectivity index (χ4v) is 3.00. The number of nitriles is 1.